The Morgan fingerprint density at radius 2 is 2.30 bits per heavy atom. The highest BCUT2D eigenvalue weighted by atomic mass is 16.5. The van der Waals surface area contributed by atoms with Crippen LogP contribution >= 0.6 is 0 Å². The van der Waals surface area contributed by atoms with Gasteiger partial charge in [-0.2, -0.15) is 0 Å². The van der Waals surface area contributed by atoms with Crippen molar-refractivity contribution in [3.63, 3.8) is 0 Å². The molecule has 0 heterocycles. The van der Waals surface area contributed by atoms with Gasteiger partial charge in [0.25, 0.3) is 0 Å². The van der Waals surface area contributed by atoms with Crippen molar-refractivity contribution >= 4 is 18.9 Å². The second kappa shape index (κ2) is 5.22. The number of fused-ring (bicyclic) bond motifs is 1. The summed E-state index contributed by atoms with van der Waals surface area (Å²) in [6.45, 7) is 0.651. The van der Waals surface area contributed by atoms with Gasteiger partial charge in [0, 0.05) is 5.56 Å². The van der Waals surface area contributed by atoms with Gasteiger partial charge < -0.3 is 14.8 Å². The Bertz CT molecular complexity index is 517. The maximum atomic E-state index is 10.8. The number of hydrogen-bond acceptors (Lipinski definition) is 4. The van der Waals surface area contributed by atoms with E-state index in [1.165, 1.54) is 31.7 Å². The van der Waals surface area contributed by atoms with Crippen LogP contribution in [-0.2, 0) is 0 Å². The third-order valence-corrected chi connectivity index (χ3v) is 4.92. The van der Waals surface area contributed by atoms with Gasteiger partial charge in [0.1, 0.15) is 12.0 Å². The Balaban J connectivity index is 1.60. The lowest BCUT2D eigenvalue weighted by Gasteiger charge is -2.14. The van der Waals surface area contributed by atoms with Crippen LogP contribution in [-0.4, -0.2) is 30.1 Å². The van der Waals surface area contributed by atoms with Crippen molar-refractivity contribution < 1.29 is 19.6 Å². The molecule has 0 amide bonds. The molecule has 2 atom stereocenters. The van der Waals surface area contributed by atoms with Crippen molar-refractivity contribution in [2.45, 2.75) is 32.1 Å². The fourth-order valence-electron chi connectivity index (χ4n) is 3.62. The minimum absolute atomic E-state index is 0.195. The summed E-state index contributed by atoms with van der Waals surface area (Å²) in [4.78, 5) is 10.8. The van der Waals surface area contributed by atoms with Gasteiger partial charge in [0.05, 0.1) is 6.61 Å². The summed E-state index contributed by atoms with van der Waals surface area (Å²) in [6.07, 6.45) is 7.08. The van der Waals surface area contributed by atoms with Crippen molar-refractivity contribution in [2.24, 2.45) is 11.3 Å². The SMILES string of the molecule is O=Cc1ccc(OCC[C@@]23CCC[C@@H]2C3)cc1B(O)O. The number of benzene rings is 1. The molecule has 1 aromatic carbocycles. The minimum atomic E-state index is -1.65. The molecule has 2 aliphatic carbocycles. The molecule has 0 unspecified atom stereocenters. The van der Waals surface area contributed by atoms with Crippen LogP contribution < -0.4 is 10.2 Å². The van der Waals surface area contributed by atoms with E-state index in [0.717, 1.165) is 12.3 Å². The topological polar surface area (TPSA) is 66.8 Å². The molecular weight excluding hydrogens is 255 g/mol. The van der Waals surface area contributed by atoms with Crippen LogP contribution in [0.2, 0.25) is 0 Å². The Morgan fingerprint density at radius 3 is 2.90 bits per heavy atom. The molecule has 2 aliphatic rings. The number of hydrogen-bond donors (Lipinski definition) is 2. The molecule has 3 rings (SSSR count). The minimum Gasteiger partial charge on any atom is -0.494 e. The number of carbonyl (C=O) groups is 1. The van der Waals surface area contributed by atoms with Crippen molar-refractivity contribution in [1.82, 2.24) is 0 Å². The van der Waals surface area contributed by atoms with Crippen LogP contribution in [0, 0.1) is 11.3 Å². The zero-order valence-corrected chi connectivity index (χ0v) is 11.4. The van der Waals surface area contributed by atoms with Crippen molar-refractivity contribution in [3.05, 3.63) is 23.8 Å². The molecule has 0 aromatic heterocycles. The van der Waals surface area contributed by atoms with Gasteiger partial charge in [0.15, 0.2) is 0 Å². The molecule has 0 saturated heterocycles. The predicted octanol–water partition coefficient (Wildman–Crippen LogP) is 1.14. The molecule has 106 valence electrons. The smallest absolute Gasteiger partial charge is 0.489 e. The predicted molar refractivity (Wildman–Crippen MR) is 76.2 cm³/mol. The van der Waals surface area contributed by atoms with Gasteiger partial charge in [-0.15, -0.1) is 0 Å². The van der Waals surface area contributed by atoms with Crippen molar-refractivity contribution in [3.8, 4) is 5.75 Å². The molecule has 20 heavy (non-hydrogen) atoms. The summed E-state index contributed by atoms with van der Waals surface area (Å²) in [7, 11) is -1.65. The average molecular weight is 274 g/mol. The summed E-state index contributed by atoms with van der Waals surface area (Å²) >= 11 is 0. The quantitative estimate of drug-likeness (QED) is 0.603. The van der Waals surface area contributed by atoms with Crippen LogP contribution in [0.25, 0.3) is 0 Å². The van der Waals surface area contributed by atoms with Crippen LogP contribution in [0.1, 0.15) is 42.5 Å². The third kappa shape index (κ3) is 2.48. The summed E-state index contributed by atoms with van der Waals surface area (Å²) < 4.78 is 5.71. The summed E-state index contributed by atoms with van der Waals surface area (Å²) in [5.41, 5.74) is 1.02. The van der Waals surface area contributed by atoms with Gasteiger partial charge in [-0.25, -0.2) is 0 Å². The normalized spacial score (nSPS) is 27.0. The lowest BCUT2D eigenvalue weighted by molar-refractivity contribution is 0.112. The lowest BCUT2D eigenvalue weighted by atomic mass is 9.77. The summed E-state index contributed by atoms with van der Waals surface area (Å²) in [5.74, 6) is 1.50. The Morgan fingerprint density at radius 1 is 1.45 bits per heavy atom. The Hall–Kier alpha value is -1.33. The molecule has 0 spiro atoms. The number of ether oxygens (including phenoxy) is 1. The molecule has 2 saturated carbocycles. The molecular formula is C15H19BO4. The molecule has 2 fully saturated rings. The van der Waals surface area contributed by atoms with E-state index in [1.807, 2.05) is 0 Å². The van der Waals surface area contributed by atoms with E-state index in [0.29, 0.717) is 24.1 Å². The number of aldehydes is 1. The highest BCUT2D eigenvalue weighted by Gasteiger charge is 2.55. The van der Waals surface area contributed by atoms with Crippen LogP contribution in [0.15, 0.2) is 18.2 Å². The maximum absolute atomic E-state index is 10.8. The first-order valence-electron chi connectivity index (χ1n) is 7.23. The highest BCUT2D eigenvalue weighted by molar-refractivity contribution is 6.60. The largest absolute Gasteiger partial charge is 0.494 e. The first-order valence-corrected chi connectivity index (χ1v) is 7.23. The molecule has 1 aromatic rings. The van der Waals surface area contributed by atoms with Crippen molar-refractivity contribution in [2.75, 3.05) is 6.61 Å². The highest BCUT2D eigenvalue weighted by Crippen LogP contribution is 2.65. The maximum Gasteiger partial charge on any atom is 0.489 e. The molecule has 5 heteroatoms. The zero-order valence-electron chi connectivity index (χ0n) is 11.4. The second-order valence-corrected chi connectivity index (χ2v) is 6.04. The van der Waals surface area contributed by atoms with Gasteiger partial charge >= 0.3 is 7.12 Å². The monoisotopic (exact) mass is 274 g/mol. The molecule has 0 bridgehead atoms. The summed E-state index contributed by atoms with van der Waals surface area (Å²) in [6, 6.07) is 4.79. The Labute approximate surface area is 118 Å². The summed E-state index contributed by atoms with van der Waals surface area (Å²) in [5, 5.41) is 18.5. The first kappa shape index (κ1) is 13.6. The Kier molecular flexibility index (Phi) is 3.56. The van der Waals surface area contributed by atoms with Gasteiger partial charge in [-0.1, -0.05) is 6.42 Å². The van der Waals surface area contributed by atoms with E-state index in [4.69, 9.17) is 4.74 Å². The van der Waals surface area contributed by atoms with Crippen LogP contribution in [0.3, 0.4) is 0 Å². The van der Waals surface area contributed by atoms with E-state index < -0.39 is 7.12 Å². The van der Waals surface area contributed by atoms with E-state index in [2.05, 4.69) is 0 Å². The number of carbonyl (C=O) groups excluding carboxylic acids is 1. The van der Waals surface area contributed by atoms with Crippen LogP contribution in [0.4, 0.5) is 0 Å². The first-order chi connectivity index (χ1) is 9.64. The fourth-order valence-corrected chi connectivity index (χ4v) is 3.62. The molecule has 2 N–H and O–H groups in total. The van der Waals surface area contributed by atoms with Crippen LogP contribution in [0.5, 0.6) is 5.75 Å². The zero-order chi connectivity index (χ0) is 14.2. The molecule has 4 nitrogen and oxygen atoms in total. The molecule has 0 aliphatic heterocycles. The van der Waals surface area contributed by atoms with E-state index in [-0.39, 0.29) is 11.0 Å². The van der Waals surface area contributed by atoms with Gasteiger partial charge in [0.2, 0.25) is 0 Å². The number of rotatable bonds is 6. The fraction of sp³-hybridized carbons (Fsp3) is 0.533. The standard InChI is InChI=1S/C15H19BO4/c17-10-11-3-4-13(8-14(11)16(18)19)20-7-6-15-5-1-2-12(15)9-15/h3-4,8,10,12,18-19H,1-2,5-7,9H2/t12-,15-/m1/s1. The van der Waals surface area contributed by atoms with E-state index >= 15 is 0 Å². The third-order valence-electron chi connectivity index (χ3n) is 4.92. The van der Waals surface area contributed by atoms with Gasteiger partial charge in [-0.05, 0) is 60.7 Å². The van der Waals surface area contributed by atoms with E-state index in [1.54, 1.807) is 12.1 Å². The average Bonchev–Trinajstić information content (AvgIpc) is 2.99. The second-order valence-electron chi connectivity index (χ2n) is 6.04. The molecule has 0 radical (unpaired) electrons. The van der Waals surface area contributed by atoms with E-state index in [9.17, 15) is 14.8 Å². The van der Waals surface area contributed by atoms with Crippen molar-refractivity contribution in [1.29, 1.82) is 0 Å². The van der Waals surface area contributed by atoms with Gasteiger partial charge in [-0.3, -0.25) is 4.79 Å². The lowest BCUT2D eigenvalue weighted by Crippen LogP contribution is -2.33.